The fourth-order valence-corrected chi connectivity index (χ4v) is 8.87. The highest BCUT2D eigenvalue weighted by Gasteiger charge is 2.17. The number of hydrogen-bond donors (Lipinski definition) is 0. The zero-order chi connectivity index (χ0) is 30.9. The molecule has 0 saturated heterocycles. The van der Waals surface area contributed by atoms with Crippen molar-refractivity contribution in [2.24, 2.45) is 0 Å². The van der Waals surface area contributed by atoms with E-state index in [2.05, 4.69) is 156 Å². The fourth-order valence-electron chi connectivity index (χ4n) is 6.96. The molecule has 47 heavy (non-hydrogen) atoms. The third-order valence-corrected chi connectivity index (χ3v) is 11.2. The van der Waals surface area contributed by atoms with Crippen molar-refractivity contribution in [1.29, 1.82) is 0 Å². The van der Waals surface area contributed by atoms with E-state index in [4.69, 9.17) is 9.36 Å². The molecule has 10 rings (SSSR count). The van der Waals surface area contributed by atoms with Crippen LogP contribution in [0.5, 0.6) is 0 Å². The van der Waals surface area contributed by atoms with E-state index in [-0.39, 0.29) is 0 Å². The Labute approximate surface area is 278 Å². The van der Waals surface area contributed by atoms with Gasteiger partial charge in [-0.05, 0) is 69.8 Å². The second kappa shape index (κ2) is 10.5. The molecular weight excluding hydrogens is 611 g/mol. The Bertz CT molecular complexity index is 2820. The summed E-state index contributed by atoms with van der Waals surface area (Å²) in [5.74, 6) is 0.762. The molecule has 0 aliphatic rings. The lowest BCUT2D eigenvalue weighted by Crippen LogP contribution is -1.94. The van der Waals surface area contributed by atoms with E-state index in [1.807, 2.05) is 11.3 Å². The van der Waals surface area contributed by atoms with Crippen LogP contribution in [0.3, 0.4) is 0 Å². The van der Waals surface area contributed by atoms with Gasteiger partial charge in [0, 0.05) is 47.8 Å². The lowest BCUT2D eigenvalue weighted by atomic mass is 10.0. The molecule has 3 aromatic heterocycles. The largest absolute Gasteiger partial charge is 0.309 e. The fraction of sp³-hybridized carbons (Fsp3) is 0. The van der Waals surface area contributed by atoms with Crippen LogP contribution >= 0.6 is 22.9 Å². The van der Waals surface area contributed by atoms with Crippen LogP contribution in [0.1, 0.15) is 0 Å². The van der Waals surface area contributed by atoms with Crippen LogP contribution in [-0.4, -0.2) is 13.9 Å². The third kappa shape index (κ3) is 4.24. The van der Waals surface area contributed by atoms with Crippen LogP contribution in [0, 0.1) is 0 Å². The van der Waals surface area contributed by atoms with Crippen molar-refractivity contribution in [3.63, 3.8) is 0 Å². The third-order valence-electron chi connectivity index (χ3n) is 9.17. The van der Waals surface area contributed by atoms with Gasteiger partial charge in [0.2, 0.25) is 0 Å². The SMILES string of the molecule is c1cc(-c2nc(-c3ccc4ccccc4c3)ns2)cc(-n2c3ccccc3c3ccc(-c4cccc5c4sc4ccccc45)cc32)c1. The van der Waals surface area contributed by atoms with Crippen molar-refractivity contribution < 1.29 is 0 Å². The number of para-hydroxylation sites is 1. The lowest BCUT2D eigenvalue weighted by Gasteiger charge is -2.10. The highest BCUT2D eigenvalue weighted by molar-refractivity contribution is 7.26. The quantitative estimate of drug-likeness (QED) is 0.193. The van der Waals surface area contributed by atoms with E-state index < -0.39 is 0 Å². The molecule has 0 fully saturated rings. The van der Waals surface area contributed by atoms with E-state index in [0.717, 1.165) is 27.6 Å². The zero-order valence-corrected chi connectivity index (χ0v) is 26.7. The number of aromatic nitrogens is 3. The first kappa shape index (κ1) is 26.6. The summed E-state index contributed by atoms with van der Waals surface area (Å²) in [7, 11) is 0. The van der Waals surface area contributed by atoms with E-state index in [1.165, 1.54) is 75.4 Å². The minimum absolute atomic E-state index is 0.762. The van der Waals surface area contributed by atoms with Gasteiger partial charge >= 0.3 is 0 Å². The maximum absolute atomic E-state index is 5.00. The van der Waals surface area contributed by atoms with Crippen molar-refractivity contribution in [2.75, 3.05) is 0 Å². The number of rotatable bonds is 4. The van der Waals surface area contributed by atoms with Crippen LogP contribution in [-0.2, 0) is 0 Å². The predicted molar refractivity (Wildman–Crippen MR) is 201 cm³/mol. The predicted octanol–water partition coefficient (Wildman–Crippen LogP) is 12.2. The molecule has 0 saturated carbocycles. The van der Waals surface area contributed by atoms with Crippen LogP contribution in [0.4, 0.5) is 0 Å². The highest BCUT2D eigenvalue weighted by atomic mass is 32.1. The van der Waals surface area contributed by atoms with Crippen molar-refractivity contribution in [3.8, 4) is 38.8 Å². The monoisotopic (exact) mass is 635 g/mol. The standard InChI is InChI=1S/C42H25N3S2/c1-2-10-27-23-29(20-19-26(27)9-1)41-43-42(47-44-41)30-11-7-12-31(24-30)45-37-17-5-3-13-33(37)34-22-21-28(25-38(34)45)32-15-8-16-36-35-14-4-6-18-39(35)46-40(32)36/h1-25H. The molecule has 10 aromatic rings. The molecule has 0 bridgehead atoms. The minimum Gasteiger partial charge on any atom is -0.309 e. The first-order valence-corrected chi connectivity index (χ1v) is 17.2. The second-order valence-electron chi connectivity index (χ2n) is 11.9. The van der Waals surface area contributed by atoms with Crippen LogP contribution in [0.25, 0.3) is 91.5 Å². The Morgan fingerprint density at radius 1 is 0.489 bits per heavy atom. The summed E-state index contributed by atoms with van der Waals surface area (Å²) in [6, 6.07) is 54.6. The molecule has 0 aliphatic carbocycles. The molecule has 3 heterocycles. The number of nitrogens with zero attached hydrogens (tertiary/aromatic N) is 3. The zero-order valence-electron chi connectivity index (χ0n) is 25.1. The van der Waals surface area contributed by atoms with Crippen molar-refractivity contribution in [2.45, 2.75) is 0 Å². The van der Waals surface area contributed by atoms with Gasteiger partial charge in [-0.15, -0.1) is 11.3 Å². The maximum Gasteiger partial charge on any atom is 0.173 e. The topological polar surface area (TPSA) is 30.7 Å². The smallest absolute Gasteiger partial charge is 0.173 e. The van der Waals surface area contributed by atoms with Gasteiger partial charge < -0.3 is 4.57 Å². The molecule has 0 N–H and O–H groups in total. The molecule has 0 atom stereocenters. The number of benzene rings is 7. The molecule has 220 valence electrons. The molecular formula is C42H25N3S2. The van der Waals surface area contributed by atoms with Crippen LogP contribution < -0.4 is 0 Å². The average Bonchev–Trinajstić information content (AvgIpc) is 3.86. The summed E-state index contributed by atoms with van der Waals surface area (Å²) in [5, 5.41) is 8.44. The van der Waals surface area contributed by atoms with Gasteiger partial charge in [-0.25, -0.2) is 4.98 Å². The van der Waals surface area contributed by atoms with Gasteiger partial charge in [0.25, 0.3) is 0 Å². The van der Waals surface area contributed by atoms with Crippen molar-refractivity contribution in [1.82, 2.24) is 13.9 Å². The van der Waals surface area contributed by atoms with Crippen molar-refractivity contribution >= 4 is 75.6 Å². The summed E-state index contributed by atoms with van der Waals surface area (Å²) < 4.78 is 9.82. The van der Waals surface area contributed by atoms with Gasteiger partial charge in [0.1, 0.15) is 5.01 Å². The average molecular weight is 636 g/mol. The molecule has 0 spiro atoms. The summed E-state index contributed by atoms with van der Waals surface area (Å²) in [4.78, 5) is 5.00. The summed E-state index contributed by atoms with van der Waals surface area (Å²) in [5.41, 5.74) is 8.06. The van der Waals surface area contributed by atoms with Gasteiger partial charge in [-0.1, -0.05) is 115 Å². The number of thiophene rings is 1. The molecule has 0 amide bonds. The second-order valence-corrected chi connectivity index (χ2v) is 13.7. The molecule has 0 unspecified atom stereocenters. The van der Waals surface area contributed by atoms with Crippen molar-refractivity contribution in [3.05, 3.63) is 152 Å². The van der Waals surface area contributed by atoms with Gasteiger partial charge in [-0.3, -0.25) is 0 Å². The van der Waals surface area contributed by atoms with Gasteiger partial charge in [0.05, 0.1) is 11.0 Å². The Kier molecular flexibility index (Phi) is 5.92. The molecule has 3 nitrogen and oxygen atoms in total. The van der Waals surface area contributed by atoms with E-state index >= 15 is 0 Å². The number of hydrogen-bond acceptors (Lipinski definition) is 4. The first-order chi connectivity index (χ1) is 23.3. The van der Waals surface area contributed by atoms with Gasteiger partial charge in [0.15, 0.2) is 5.82 Å². The Morgan fingerprint density at radius 3 is 2.21 bits per heavy atom. The first-order valence-electron chi connectivity index (χ1n) is 15.7. The molecule has 0 aliphatic heterocycles. The Hall–Kier alpha value is -5.62. The molecule has 0 radical (unpaired) electrons. The Morgan fingerprint density at radius 2 is 1.26 bits per heavy atom. The van der Waals surface area contributed by atoms with Crippen LogP contribution in [0.2, 0.25) is 0 Å². The summed E-state index contributed by atoms with van der Waals surface area (Å²) in [6.45, 7) is 0. The lowest BCUT2D eigenvalue weighted by molar-refractivity contribution is 1.18. The molecule has 5 heteroatoms. The van der Waals surface area contributed by atoms with Crippen LogP contribution in [0.15, 0.2) is 152 Å². The van der Waals surface area contributed by atoms with E-state index in [9.17, 15) is 0 Å². The normalized spacial score (nSPS) is 11.8. The maximum atomic E-state index is 5.00. The highest BCUT2D eigenvalue weighted by Crippen LogP contribution is 2.42. The number of fused-ring (bicyclic) bond motifs is 7. The van der Waals surface area contributed by atoms with Gasteiger partial charge in [-0.2, -0.15) is 4.37 Å². The molecule has 7 aromatic carbocycles. The minimum atomic E-state index is 0.762. The van der Waals surface area contributed by atoms with E-state index in [0.29, 0.717) is 0 Å². The van der Waals surface area contributed by atoms with E-state index in [1.54, 1.807) is 0 Å². The summed E-state index contributed by atoms with van der Waals surface area (Å²) >= 11 is 3.33. The summed E-state index contributed by atoms with van der Waals surface area (Å²) in [6.07, 6.45) is 0. The Balaban J connectivity index is 1.12.